The van der Waals surface area contributed by atoms with Gasteiger partial charge in [0.05, 0.1) is 13.2 Å². The Hall–Kier alpha value is -2.05. The number of carboxylic acids is 1. The van der Waals surface area contributed by atoms with Gasteiger partial charge in [0.1, 0.15) is 6.04 Å². The topological polar surface area (TPSA) is 91.6 Å². The molecule has 2 aromatic rings. The summed E-state index contributed by atoms with van der Waals surface area (Å²) in [5.41, 5.74) is 9.82. The van der Waals surface area contributed by atoms with Crippen molar-refractivity contribution in [1.82, 2.24) is 4.98 Å². The number of ether oxygens (including phenoxy) is 1. The van der Waals surface area contributed by atoms with Crippen LogP contribution in [0.3, 0.4) is 0 Å². The number of aromatic nitrogens is 1. The highest BCUT2D eigenvalue weighted by Gasteiger charge is 2.18. The number of H-pyrrole nitrogens is 1. The quantitative estimate of drug-likeness (QED) is 0.791. The number of benzene rings is 1. The molecule has 0 radical (unpaired) electrons. The molecule has 1 fully saturated rings. The van der Waals surface area contributed by atoms with Crippen molar-refractivity contribution in [3.8, 4) is 0 Å². The number of nitrogens with one attached hydrogen (secondary N) is 1. The first kappa shape index (κ1) is 14.9. The monoisotopic (exact) mass is 303 g/mol. The lowest BCUT2D eigenvalue weighted by Crippen LogP contribution is -2.36. The standard InChI is InChI=1S/C16H21N3O3/c1-10-13(9-14(17)16(20)21)12-3-2-11(8-15(12)18-10)19-4-6-22-7-5-19/h2-3,8,14,18H,4-7,9,17H2,1H3,(H,20,21). The molecule has 4 N–H and O–H groups in total. The Morgan fingerprint density at radius 1 is 1.45 bits per heavy atom. The number of nitrogens with two attached hydrogens (primary N) is 1. The molecule has 1 aromatic carbocycles. The molecule has 22 heavy (non-hydrogen) atoms. The first-order chi connectivity index (χ1) is 10.6. The third kappa shape index (κ3) is 2.80. The minimum atomic E-state index is -0.973. The molecular formula is C16H21N3O3. The summed E-state index contributed by atoms with van der Waals surface area (Å²) in [5.74, 6) is -0.973. The van der Waals surface area contributed by atoms with E-state index in [4.69, 9.17) is 15.6 Å². The van der Waals surface area contributed by atoms with E-state index in [2.05, 4.69) is 22.0 Å². The second-order valence-corrected chi connectivity index (χ2v) is 5.71. The molecule has 0 saturated carbocycles. The number of aliphatic carboxylic acids is 1. The van der Waals surface area contributed by atoms with Gasteiger partial charge >= 0.3 is 5.97 Å². The van der Waals surface area contributed by atoms with Gasteiger partial charge in [-0.3, -0.25) is 4.79 Å². The van der Waals surface area contributed by atoms with Crippen molar-refractivity contribution in [3.05, 3.63) is 29.5 Å². The Balaban J connectivity index is 1.92. The van der Waals surface area contributed by atoms with Gasteiger partial charge in [-0.15, -0.1) is 0 Å². The Morgan fingerprint density at radius 2 is 2.18 bits per heavy atom. The van der Waals surface area contributed by atoms with Gasteiger partial charge in [0, 0.05) is 41.8 Å². The van der Waals surface area contributed by atoms with Gasteiger partial charge in [-0.2, -0.15) is 0 Å². The highest BCUT2D eigenvalue weighted by molar-refractivity contribution is 5.88. The molecular weight excluding hydrogens is 282 g/mol. The van der Waals surface area contributed by atoms with E-state index in [9.17, 15) is 4.79 Å². The zero-order chi connectivity index (χ0) is 15.7. The van der Waals surface area contributed by atoms with Crippen molar-refractivity contribution in [2.45, 2.75) is 19.4 Å². The Labute approximate surface area is 128 Å². The van der Waals surface area contributed by atoms with Crippen molar-refractivity contribution in [3.63, 3.8) is 0 Å². The minimum Gasteiger partial charge on any atom is -0.480 e. The predicted molar refractivity (Wildman–Crippen MR) is 85.4 cm³/mol. The highest BCUT2D eigenvalue weighted by atomic mass is 16.5. The molecule has 3 rings (SSSR count). The zero-order valence-corrected chi connectivity index (χ0v) is 12.6. The van der Waals surface area contributed by atoms with E-state index in [-0.39, 0.29) is 0 Å². The second kappa shape index (κ2) is 5.98. The fraction of sp³-hybridized carbons (Fsp3) is 0.438. The maximum Gasteiger partial charge on any atom is 0.320 e. The third-order valence-corrected chi connectivity index (χ3v) is 4.22. The molecule has 0 aliphatic carbocycles. The Bertz CT molecular complexity index is 689. The number of anilines is 1. The van der Waals surface area contributed by atoms with Crippen LogP contribution in [0.15, 0.2) is 18.2 Å². The average Bonchev–Trinajstić information content (AvgIpc) is 2.83. The molecule has 0 amide bonds. The summed E-state index contributed by atoms with van der Waals surface area (Å²) >= 11 is 0. The summed E-state index contributed by atoms with van der Waals surface area (Å²) in [4.78, 5) is 16.6. The van der Waals surface area contributed by atoms with Crippen molar-refractivity contribution >= 4 is 22.6 Å². The normalized spacial score (nSPS) is 16.9. The zero-order valence-electron chi connectivity index (χ0n) is 12.6. The number of aryl methyl sites for hydroxylation is 1. The number of fused-ring (bicyclic) bond motifs is 1. The van der Waals surface area contributed by atoms with E-state index in [0.29, 0.717) is 6.42 Å². The fourth-order valence-electron chi connectivity index (χ4n) is 2.97. The van der Waals surface area contributed by atoms with Crippen LogP contribution in [0.5, 0.6) is 0 Å². The summed E-state index contributed by atoms with van der Waals surface area (Å²) in [6.45, 7) is 5.24. The SMILES string of the molecule is Cc1[nH]c2cc(N3CCOCC3)ccc2c1CC(N)C(=O)O. The summed E-state index contributed by atoms with van der Waals surface area (Å²) in [6.07, 6.45) is 0.331. The number of hydrogen-bond acceptors (Lipinski definition) is 4. The molecule has 1 atom stereocenters. The summed E-state index contributed by atoms with van der Waals surface area (Å²) in [7, 11) is 0. The van der Waals surface area contributed by atoms with Crippen LogP contribution < -0.4 is 10.6 Å². The van der Waals surface area contributed by atoms with Gasteiger partial charge in [-0.1, -0.05) is 6.07 Å². The van der Waals surface area contributed by atoms with Gasteiger partial charge in [-0.05, 0) is 24.6 Å². The van der Waals surface area contributed by atoms with Crippen LogP contribution in [0.4, 0.5) is 5.69 Å². The van der Waals surface area contributed by atoms with Crippen LogP contribution in [-0.4, -0.2) is 48.4 Å². The van der Waals surface area contributed by atoms with E-state index in [0.717, 1.165) is 54.2 Å². The van der Waals surface area contributed by atoms with Crippen LogP contribution >= 0.6 is 0 Å². The number of morpholine rings is 1. The van der Waals surface area contributed by atoms with E-state index >= 15 is 0 Å². The lowest BCUT2D eigenvalue weighted by Gasteiger charge is -2.28. The van der Waals surface area contributed by atoms with Crippen molar-refractivity contribution in [2.75, 3.05) is 31.2 Å². The number of nitrogens with zero attached hydrogens (tertiary/aromatic N) is 1. The van der Waals surface area contributed by atoms with E-state index < -0.39 is 12.0 Å². The lowest BCUT2D eigenvalue weighted by molar-refractivity contribution is -0.138. The highest BCUT2D eigenvalue weighted by Crippen LogP contribution is 2.28. The lowest BCUT2D eigenvalue weighted by atomic mass is 10.0. The molecule has 1 unspecified atom stereocenters. The largest absolute Gasteiger partial charge is 0.480 e. The fourth-order valence-corrected chi connectivity index (χ4v) is 2.97. The first-order valence-electron chi connectivity index (χ1n) is 7.48. The van der Waals surface area contributed by atoms with Crippen molar-refractivity contribution in [2.24, 2.45) is 5.73 Å². The van der Waals surface area contributed by atoms with Crippen LogP contribution in [-0.2, 0) is 16.0 Å². The molecule has 6 heteroatoms. The number of carboxylic acid groups (broad SMARTS) is 1. The van der Waals surface area contributed by atoms with Crippen LogP contribution in [0.25, 0.3) is 10.9 Å². The van der Waals surface area contributed by atoms with Crippen molar-refractivity contribution < 1.29 is 14.6 Å². The molecule has 1 aromatic heterocycles. The van der Waals surface area contributed by atoms with Gasteiger partial charge in [-0.25, -0.2) is 0 Å². The van der Waals surface area contributed by atoms with E-state index in [1.807, 2.05) is 13.0 Å². The molecule has 0 bridgehead atoms. The number of rotatable bonds is 4. The smallest absolute Gasteiger partial charge is 0.320 e. The maximum atomic E-state index is 11.0. The number of hydrogen-bond donors (Lipinski definition) is 3. The summed E-state index contributed by atoms with van der Waals surface area (Å²) in [5, 5.41) is 10.1. The first-order valence-corrected chi connectivity index (χ1v) is 7.48. The van der Waals surface area contributed by atoms with Crippen LogP contribution in [0, 0.1) is 6.92 Å². The van der Waals surface area contributed by atoms with Crippen molar-refractivity contribution in [1.29, 1.82) is 0 Å². The molecule has 2 heterocycles. The predicted octanol–water partition coefficient (Wildman–Crippen LogP) is 1.27. The maximum absolute atomic E-state index is 11.0. The average molecular weight is 303 g/mol. The van der Waals surface area contributed by atoms with Gasteiger partial charge in [0.2, 0.25) is 0 Å². The molecule has 0 spiro atoms. The third-order valence-electron chi connectivity index (χ3n) is 4.22. The number of aromatic amines is 1. The van der Waals surface area contributed by atoms with Gasteiger partial charge < -0.3 is 25.5 Å². The second-order valence-electron chi connectivity index (χ2n) is 5.71. The Morgan fingerprint density at radius 3 is 2.86 bits per heavy atom. The Kier molecular flexibility index (Phi) is 4.04. The minimum absolute atomic E-state index is 0.331. The van der Waals surface area contributed by atoms with E-state index in [1.165, 1.54) is 0 Å². The van der Waals surface area contributed by atoms with Crippen LogP contribution in [0.2, 0.25) is 0 Å². The van der Waals surface area contributed by atoms with Crippen LogP contribution in [0.1, 0.15) is 11.3 Å². The molecule has 1 saturated heterocycles. The molecule has 118 valence electrons. The summed E-state index contributed by atoms with van der Waals surface area (Å²) in [6, 6.07) is 5.37. The molecule has 6 nitrogen and oxygen atoms in total. The van der Waals surface area contributed by atoms with E-state index in [1.54, 1.807) is 0 Å². The number of carbonyl (C=O) groups is 1. The summed E-state index contributed by atoms with van der Waals surface area (Å²) < 4.78 is 5.38. The van der Waals surface area contributed by atoms with Gasteiger partial charge in [0.25, 0.3) is 0 Å². The molecule has 1 aliphatic rings. The molecule has 1 aliphatic heterocycles. The van der Waals surface area contributed by atoms with Gasteiger partial charge in [0.15, 0.2) is 0 Å².